The highest BCUT2D eigenvalue weighted by Crippen LogP contribution is 2.59. The third-order valence-electron chi connectivity index (χ3n) is 8.13. The molecule has 4 heteroatoms. The van der Waals surface area contributed by atoms with E-state index in [-0.39, 0.29) is 11.0 Å². The van der Waals surface area contributed by atoms with Crippen LogP contribution >= 0.6 is 0 Å². The predicted molar refractivity (Wildman–Crippen MR) is 124 cm³/mol. The van der Waals surface area contributed by atoms with Crippen molar-refractivity contribution >= 4 is 14.3 Å². The highest BCUT2D eigenvalue weighted by molar-refractivity contribution is 6.74. The summed E-state index contributed by atoms with van der Waals surface area (Å²) in [6, 6.07) is 0. The van der Waals surface area contributed by atoms with E-state index in [0.29, 0.717) is 29.8 Å². The van der Waals surface area contributed by atoms with E-state index < -0.39 is 8.32 Å². The minimum Gasteiger partial charge on any atom is -0.469 e. The maximum absolute atomic E-state index is 11.3. The van der Waals surface area contributed by atoms with Gasteiger partial charge in [-0.25, -0.2) is 0 Å². The minimum atomic E-state index is -1.75. The van der Waals surface area contributed by atoms with Crippen molar-refractivity contribution in [3.63, 3.8) is 0 Å². The summed E-state index contributed by atoms with van der Waals surface area (Å²) in [7, 11) is -0.314. The van der Waals surface area contributed by atoms with Gasteiger partial charge in [0.05, 0.1) is 13.5 Å². The summed E-state index contributed by atoms with van der Waals surface area (Å²) in [5, 5.41) is 0.262. The second-order valence-electron chi connectivity index (χ2n) is 10.9. The maximum Gasteiger partial charge on any atom is 0.309 e. The Bertz CT molecular complexity index is 628. The number of hydrogen-bond donors (Lipinski definition) is 0. The van der Waals surface area contributed by atoms with Gasteiger partial charge in [-0.15, -0.1) is 0 Å². The standard InChI is InChI=1S/C25H44O3Si/c1-9-19(13-10-11-15-23(26)27-6)20-16-17-21-22(14-12-18-25(20,21)5)28-29(7,8)24(2,3)4/h10-11,13,20-22H,9,12,14-18H2,1-8H3/b11-10+,19-13+/t20-,21+,22+,25-/m1/s1. The molecule has 3 nitrogen and oxygen atoms in total. The van der Waals surface area contributed by atoms with E-state index in [4.69, 9.17) is 9.16 Å². The van der Waals surface area contributed by atoms with E-state index in [1.165, 1.54) is 44.8 Å². The maximum atomic E-state index is 11.3. The van der Waals surface area contributed by atoms with Gasteiger partial charge in [0.2, 0.25) is 0 Å². The van der Waals surface area contributed by atoms with Gasteiger partial charge in [0.1, 0.15) is 0 Å². The quantitative estimate of drug-likeness (QED) is 0.251. The lowest BCUT2D eigenvalue weighted by atomic mass is 9.62. The van der Waals surface area contributed by atoms with Crippen molar-refractivity contribution in [1.82, 2.24) is 0 Å². The van der Waals surface area contributed by atoms with Crippen molar-refractivity contribution in [2.24, 2.45) is 17.3 Å². The molecular weight excluding hydrogens is 376 g/mol. The Labute approximate surface area is 180 Å². The number of ether oxygens (including phenoxy) is 1. The lowest BCUT2D eigenvalue weighted by molar-refractivity contribution is -0.139. The average Bonchev–Trinajstić information content (AvgIpc) is 2.98. The summed E-state index contributed by atoms with van der Waals surface area (Å²) in [6.07, 6.45) is 14.4. The number of carbonyl (C=O) groups is 1. The molecule has 0 bridgehead atoms. The Morgan fingerprint density at radius 3 is 2.48 bits per heavy atom. The number of rotatable bonds is 7. The van der Waals surface area contributed by atoms with Crippen LogP contribution in [0.1, 0.15) is 79.6 Å². The van der Waals surface area contributed by atoms with Gasteiger partial charge in [0.15, 0.2) is 8.32 Å². The molecule has 29 heavy (non-hydrogen) atoms. The van der Waals surface area contributed by atoms with E-state index in [1.54, 1.807) is 0 Å². The van der Waals surface area contributed by atoms with Crippen LogP contribution in [0.3, 0.4) is 0 Å². The van der Waals surface area contributed by atoms with E-state index in [2.05, 4.69) is 59.9 Å². The first-order valence-corrected chi connectivity index (χ1v) is 14.5. The number of methoxy groups -OCH3 is 1. The van der Waals surface area contributed by atoms with Crippen LogP contribution in [0.2, 0.25) is 18.1 Å². The Kier molecular flexibility index (Phi) is 8.00. The van der Waals surface area contributed by atoms with Gasteiger partial charge in [0.25, 0.3) is 0 Å². The van der Waals surface area contributed by atoms with Crippen molar-refractivity contribution in [2.75, 3.05) is 7.11 Å². The summed E-state index contributed by atoms with van der Waals surface area (Å²) >= 11 is 0. The molecule has 0 N–H and O–H groups in total. The van der Waals surface area contributed by atoms with Crippen LogP contribution in [-0.2, 0) is 14.0 Å². The first kappa shape index (κ1) is 24.4. The molecule has 2 rings (SSSR count). The SMILES string of the molecule is CC/C(=C\C=C\CC(=O)OC)[C@H]1CC[C@H]2[C@@H](O[Si](C)(C)C(C)(C)C)CCC[C@]12C. The molecule has 2 aliphatic rings. The summed E-state index contributed by atoms with van der Waals surface area (Å²) in [6.45, 7) is 16.6. The number of carbonyl (C=O) groups excluding carboxylic acids is 1. The van der Waals surface area contributed by atoms with Gasteiger partial charge in [-0.2, -0.15) is 0 Å². The molecule has 0 aliphatic heterocycles. The van der Waals surface area contributed by atoms with Crippen LogP contribution in [0.15, 0.2) is 23.8 Å². The molecule has 0 unspecified atom stereocenters. The van der Waals surface area contributed by atoms with E-state index >= 15 is 0 Å². The third kappa shape index (κ3) is 5.44. The molecule has 0 aromatic heterocycles. The lowest BCUT2D eigenvalue weighted by Gasteiger charge is -2.49. The van der Waals surface area contributed by atoms with Crippen LogP contribution in [-0.4, -0.2) is 27.5 Å². The second-order valence-corrected chi connectivity index (χ2v) is 15.6. The van der Waals surface area contributed by atoms with E-state index in [1.807, 2.05) is 6.08 Å². The predicted octanol–water partition coefficient (Wildman–Crippen LogP) is 7.05. The fourth-order valence-corrected chi connectivity index (χ4v) is 6.74. The van der Waals surface area contributed by atoms with Crippen LogP contribution in [0.25, 0.3) is 0 Å². The van der Waals surface area contributed by atoms with Gasteiger partial charge in [-0.3, -0.25) is 4.79 Å². The molecule has 0 heterocycles. The average molecular weight is 421 g/mol. The molecular formula is C25H44O3Si. The highest BCUT2D eigenvalue weighted by atomic mass is 28.4. The topological polar surface area (TPSA) is 35.5 Å². The molecule has 0 spiro atoms. The second kappa shape index (κ2) is 9.51. The number of fused-ring (bicyclic) bond motifs is 1. The Hall–Kier alpha value is -0.873. The van der Waals surface area contributed by atoms with Gasteiger partial charge >= 0.3 is 5.97 Å². The molecule has 0 aromatic rings. The monoisotopic (exact) mass is 420 g/mol. The fourth-order valence-electron chi connectivity index (χ4n) is 5.34. The molecule has 2 aliphatic carbocycles. The number of allylic oxidation sites excluding steroid dienone is 3. The Morgan fingerprint density at radius 2 is 1.90 bits per heavy atom. The summed E-state index contributed by atoms with van der Waals surface area (Å²) < 4.78 is 11.7. The van der Waals surface area contributed by atoms with Crippen molar-refractivity contribution < 1.29 is 14.0 Å². The summed E-state index contributed by atoms with van der Waals surface area (Å²) in [5.74, 6) is 1.12. The molecule has 0 saturated heterocycles. The van der Waals surface area contributed by atoms with Crippen molar-refractivity contribution in [3.05, 3.63) is 23.8 Å². The third-order valence-corrected chi connectivity index (χ3v) is 12.6. The largest absolute Gasteiger partial charge is 0.469 e. The summed E-state index contributed by atoms with van der Waals surface area (Å²) in [4.78, 5) is 11.3. The molecule has 2 fully saturated rings. The molecule has 4 atom stereocenters. The smallest absolute Gasteiger partial charge is 0.309 e. The Morgan fingerprint density at radius 1 is 1.21 bits per heavy atom. The van der Waals surface area contributed by atoms with Gasteiger partial charge in [0, 0.05) is 6.10 Å². The molecule has 166 valence electrons. The Balaban J connectivity index is 2.17. The number of hydrogen-bond acceptors (Lipinski definition) is 3. The molecule has 0 radical (unpaired) electrons. The molecule has 0 aromatic carbocycles. The highest BCUT2D eigenvalue weighted by Gasteiger charge is 2.53. The van der Waals surface area contributed by atoms with Gasteiger partial charge < -0.3 is 9.16 Å². The summed E-state index contributed by atoms with van der Waals surface area (Å²) in [5.41, 5.74) is 1.87. The van der Waals surface area contributed by atoms with Crippen molar-refractivity contribution in [1.29, 1.82) is 0 Å². The molecule has 0 amide bonds. The first-order chi connectivity index (χ1) is 13.5. The zero-order chi connectivity index (χ0) is 21.9. The number of esters is 1. The van der Waals surface area contributed by atoms with Gasteiger partial charge in [-0.1, -0.05) is 64.8 Å². The minimum absolute atomic E-state index is 0.182. The van der Waals surface area contributed by atoms with Crippen molar-refractivity contribution in [2.45, 2.75) is 104 Å². The first-order valence-electron chi connectivity index (χ1n) is 11.6. The van der Waals surface area contributed by atoms with Gasteiger partial charge in [-0.05, 0) is 67.5 Å². The lowest BCUT2D eigenvalue weighted by Crippen LogP contribution is -2.50. The van der Waals surface area contributed by atoms with Crippen LogP contribution in [0.4, 0.5) is 0 Å². The van der Waals surface area contributed by atoms with Crippen molar-refractivity contribution in [3.8, 4) is 0 Å². The zero-order valence-corrected chi connectivity index (χ0v) is 21.1. The normalized spacial score (nSPS) is 31.2. The van der Waals surface area contributed by atoms with Crippen LogP contribution < -0.4 is 0 Å². The van der Waals surface area contributed by atoms with E-state index in [9.17, 15) is 4.79 Å². The van der Waals surface area contributed by atoms with Crippen LogP contribution in [0.5, 0.6) is 0 Å². The molecule has 2 saturated carbocycles. The van der Waals surface area contributed by atoms with Crippen LogP contribution in [0, 0.1) is 17.3 Å². The zero-order valence-electron chi connectivity index (χ0n) is 20.1. The van der Waals surface area contributed by atoms with E-state index in [0.717, 1.165) is 6.42 Å². The fraction of sp³-hybridized carbons (Fsp3) is 0.800.